The second-order valence-electron chi connectivity index (χ2n) is 7.20. The molecule has 1 saturated carbocycles. The fourth-order valence-corrected chi connectivity index (χ4v) is 3.56. The van der Waals surface area contributed by atoms with Gasteiger partial charge in [-0.1, -0.05) is 57.9 Å². The average molecular weight is 311 g/mol. The Morgan fingerprint density at radius 2 is 1.65 bits per heavy atom. The first kappa shape index (κ1) is 16.0. The summed E-state index contributed by atoms with van der Waals surface area (Å²) < 4.78 is 0. The van der Waals surface area contributed by atoms with Gasteiger partial charge in [0.1, 0.15) is 0 Å². The monoisotopic (exact) mass is 311 g/mol. The van der Waals surface area contributed by atoms with Gasteiger partial charge >= 0.3 is 0 Å². The SMILES string of the molecule is CC(C)c1ccc(-c2c(N[C@H]3CCCC[C@@H]3C)c(=O)c2=O)cc1. The Balaban J connectivity index is 1.87. The third-order valence-electron chi connectivity index (χ3n) is 5.22. The van der Waals surface area contributed by atoms with Crippen molar-refractivity contribution in [2.24, 2.45) is 5.92 Å². The fraction of sp³-hybridized carbons (Fsp3) is 0.500. The van der Waals surface area contributed by atoms with Gasteiger partial charge in [-0.2, -0.15) is 0 Å². The molecule has 0 amide bonds. The van der Waals surface area contributed by atoms with Crippen molar-refractivity contribution in [2.75, 3.05) is 5.32 Å². The molecule has 0 bridgehead atoms. The van der Waals surface area contributed by atoms with Gasteiger partial charge in [-0.05, 0) is 35.8 Å². The second-order valence-corrected chi connectivity index (χ2v) is 7.20. The van der Waals surface area contributed by atoms with Gasteiger partial charge in [-0.25, -0.2) is 0 Å². The maximum Gasteiger partial charge on any atom is 0.250 e. The molecule has 23 heavy (non-hydrogen) atoms. The minimum atomic E-state index is -0.356. The van der Waals surface area contributed by atoms with Gasteiger partial charge in [0.25, 0.3) is 0 Å². The van der Waals surface area contributed by atoms with Crippen molar-refractivity contribution >= 4 is 5.69 Å². The van der Waals surface area contributed by atoms with Crippen LogP contribution in [-0.2, 0) is 0 Å². The fourth-order valence-electron chi connectivity index (χ4n) is 3.56. The Morgan fingerprint density at radius 1 is 1.00 bits per heavy atom. The van der Waals surface area contributed by atoms with Crippen LogP contribution in [0, 0.1) is 5.92 Å². The van der Waals surface area contributed by atoms with Gasteiger partial charge in [0.15, 0.2) is 0 Å². The van der Waals surface area contributed by atoms with Crippen molar-refractivity contribution in [3.63, 3.8) is 0 Å². The van der Waals surface area contributed by atoms with Crippen LogP contribution < -0.4 is 16.2 Å². The predicted octanol–water partition coefficient (Wildman–Crippen LogP) is 4.06. The molecule has 0 radical (unpaired) electrons. The van der Waals surface area contributed by atoms with Gasteiger partial charge < -0.3 is 5.32 Å². The van der Waals surface area contributed by atoms with Crippen LogP contribution in [0.5, 0.6) is 0 Å². The lowest BCUT2D eigenvalue weighted by molar-refractivity contribution is 0.349. The molecule has 0 saturated heterocycles. The van der Waals surface area contributed by atoms with Crippen molar-refractivity contribution in [3.05, 3.63) is 50.3 Å². The molecule has 0 spiro atoms. The molecule has 3 nitrogen and oxygen atoms in total. The molecule has 3 heteroatoms. The first-order valence-electron chi connectivity index (χ1n) is 8.69. The Kier molecular flexibility index (Phi) is 4.38. The molecular formula is C20H25NO2. The Hall–Kier alpha value is -1.90. The highest BCUT2D eigenvalue weighted by Crippen LogP contribution is 2.30. The molecule has 2 aromatic rings. The van der Waals surface area contributed by atoms with Crippen LogP contribution in [0.1, 0.15) is 57.9 Å². The van der Waals surface area contributed by atoms with E-state index in [1.807, 2.05) is 24.3 Å². The van der Waals surface area contributed by atoms with E-state index in [0.717, 1.165) is 12.0 Å². The van der Waals surface area contributed by atoms with Gasteiger partial charge in [0.2, 0.25) is 10.9 Å². The van der Waals surface area contributed by atoms with E-state index in [9.17, 15) is 9.59 Å². The van der Waals surface area contributed by atoms with Crippen LogP contribution in [-0.4, -0.2) is 6.04 Å². The summed E-state index contributed by atoms with van der Waals surface area (Å²) in [6, 6.07) is 8.32. The minimum Gasteiger partial charge on any atom is -0.378 e. The summed E-state index contributed by atoms with van der Waals surface area (Å²) in [5.74, 6) is 1.00. The number of benzene rings is 1. The van der Waals surface area contributed by atoms with Crippen LogP contribution in [0.4, 0.5) is 5.69 Å². The number of anilines is 1. The normalized spacial score (nSPS) is 21.7. The van der Waals surface area contributed by atoms with E-state index < -0.39 is 0 Å². The molecule has 0 unspecified atom stereocenters. The van der Waals surface area contributed by atoms with Crippen molar-refractivity contribution in [1.82, 2.24) is 0 Å². The van der Waals surface area contributed by atoms with E-state index in [0.29, 0.717) is 29.1 Å². The van der Waals surface area contributed by atoms with Crippen LogP contribution in [0.25, 0.3) is 11.1 Å². The van der Waals surface area contributed by atoms with Gasteiger partial charge in [-0.15, -0.1) is 0 Å². The molecule has 0 aliphatic heterocycles. The average Bonchev–Trinajstić information content (AvgIpc) is 2.56. The molecule has 0 heterocycles. The molecule has 0 aromatic heterocycles. The molecular weight excluding hydrogens is 286 g/mol. The Labute approximate surface area is 137 Å². The number of hydrogen-bond donors (Lipinski definition) is 1. The number of rotatable bonds is 4. The van der Waals surface area contributed by atoms with E-state index in [4.69, 9.17) is 0 Å². The highest BCUT2D eigenvalue weighted by Gasteiger charge is 2.27. The molecule has 1 aliphatic rings. The highest BCUT2D eigenvalue weighted by molar-refractivity contribution is 5.82. The molecule has 2 aromatic carbocycles. The summed E-state index contributed by atoms with van der Waals surface area (Å²) in [6.07, 6.45) is 4.71. The number of nitrogens with one attached hydrogen (secondary N) is 1. The zero-order valence-electron chi connectivity index (χ0n) is 14.2. The maximum absolute atomic E-state index is 12.1. The first-order valence-corrected chi connectivity index (χ1v) is 8.69. The van der Waals surface area contributed by atoms with E-state index in [1.165, 1.54) is 24.8 Å². The molecule has 3 rings (SSSR count). The number of hydrogen-bond acceptors (Lipinski definition) is 3. The topological polar surface area (TPSA) is 46.2 Å². The van der Waals surface area contributed by atoms with Gasteiger partial charge in [0, 0.05) is 6.04 Å². The smallest absolute Gasteiger partial charge is 0.250 e. The second kappa shape index (κ2) is 6.31. The zero-order chi connectivity index (χ0) is 16.6. The summed E-state index contributed by atoms with van der Waals surface area (Å²) in [6.45, 7) is 6.51. The van der Waals surface area contributed by atoms with Crippen LogP contribution in [0.15, 0.2) is 33.9 Å². The van der Waals surface area contributed by atoms with E-state index in [1.54, 1.807) is 0 Å². The van der Waals surface area contributed by atoms with Crippen molar-refractivity contribution in [2.45, 2.75) is 58.4 Å². The van der Waals surface area contributed by atoms with E-state index in [2.05, 4.69) is 26.1 Å². The van der Waals surface area contributed by atoms with Crippen molar-refractivity contribution in [3.8, 4) is 11.1 Å². The Morgan fingerprint density at radius 3 is 2.26 bits per heavy atom. The van der Waals surface area contributed by atoms with Crippen molar-refractivity contribution in [1.29, 1.82) is 0 Å². The van der Waals surface area contributed by atoms with Gasteiger partial charge in [-0.3, -0.25) is 9.59 Å². The molecule has 122 valence electrons. The van der Waals surface area contributed by atoms with Crippen molar-refractivity contribution < 1.29 is 0 Å². The zero-order valence-corrected chi connectivity index (χ0v) is 14.2. The third kappa shape index (κ3) is 2.97. The first-order chi connectivity index (χ1) is 11.0. The quantitative estimate of drug-likeness (QED) is 0.866. The molecule has 1 aliphatic carbocycles. The lowest BCUT2D eigenvalue weighted by Crippen LogP contribution is -2.41. The molecule has 1 N–H and O–H groups in total. The standard InChI is InChI=1S/C20H25NO2/c1-12(2)14-8-10-15(11-9-14)17-18(20(23)19(17)22)21-16-7-5-4-6-13(16)3/h8-13,16,21H,4-7H2,1-3H3/t13-,16-/m0/s1. The highest BCUT2D eigenvalue weighted by atomic mass is 16.2. The summed E-state index contributed by atoms with van der Waals surface area (Å²) in [7, 11) is 0. The van der Waals surface area contributed by atoms with Crippen LogP contribution in [0.3, 0.4) is 0 Å². The van der Waals surface area contributed by atoms with Crippen LogP contribution in [0.2, 0.25) is 0 Å². The summed E-state index contributed by atoms with van der Waals surface area (Å²) in [5.41, 5.74) is 2.49. The summed E-state index contributed by atoms with van der Waals surface area (Å²) in [4.78, 5) is 24.1. The third-order valence-corrected chi connectivity index (χ3v) is 5.22. The predicted molar refractivity (Wildman–Crippen MR) is 95.9 cm³/mol. The molecule has 1 fully saturated rings. The molecule has 2 atom stereocenters. The maximum atomic E-state index is 12.1. The Bertz CT molecular complexity index is 751. The van der Waals surface area contributed by atoms with E-state index >= 15 is 0 Å². The minimum absolute atomic E-state index is 0.306. The van der Waals surface area contributed by atoms with E-state index in [-0.39, 0.29) is 10.9 Å². The lowest BCUT2D eigenvalue weighted by Gasteiger charge is -2.31. The lowest BCUT2D eigenvalue weighted by atomic mass is 9.85. The van der Waals surface area contributed by atoms with Crippen LogP contribution >= 0.6 is 0 Å². The largest absolute Gasteiger partial charge is 0.378 e. The summed E-state index contributed by atoms with van der Waals surface area (Å²) in [5, 5.41) is 3.38. The van der Waals surface area contributed by atoms with Gasteiger partial charge in [0.05, 0.1) is 11.3 Å². The summed E-state index contributed by atoms with van der Waals surface area (Å²) >= 11 is 0.